The Kier molecular flexibility index (Phi) is 6.56. The minimum Gasteiger partial charge on any atom is -0.388 e. The molecule has 1 amide bonds. The first kappa shape index (κ1) is 16.5. The van der Waals surface area contributed by atoms with Gasteiger partial charge in [-0.1, -0.05) is 40.0 Å². The second-order valence-electron chi connectivity index (χ2n) is 6.13. The van der Waals surface area contributed by atoms with Crippen LogP contribution in [0.2, 0.25) is 0 Å². The number of hydrogen-bond acceptors (Lipinski definition) is 2. The molecule has 0 bridgehead atoms. The van der Waals surface area contributed by atoms with Crippen molar-refractivity contribution in [1.82, 2.24) is 5.32 Å². The third kappa shape index (κ3) is 5.64. The fourth-order valence-electron chi connectivity index (χ4n) is 2.15. The van der Waals surface area contributed by atoms with Gasteiger partial charge in [0.05, 0.1) is 0 Å². The second kappa shape index (κ2) is 7.93. The lowest BCUT2D eigenvalue weighted by atomic mass is 9.87. The molecule has 0 unspecified atom stereocenters. The van der Waals surface area contributed by atoms with E-state index in [1.54, 1.807) is 0 Å². The van der Waals surface area contributed by atoms with Gasteiger partial charge in [-0.15, -0.1) is 0 Å². The number of hydrogen-bond donors (Lipinski definition) is 2. The average molecular weight is 276 g/mol. The van der Waals surface area contributed by atoms with Gasteiger partial charge in [-0.25, -0.2) is 0 Å². The number of anilines is 1. The van der Waals surface area contributed by atoms with Gasteiger partial charge >= 0.3 is 0 Å². The van der Waals surface area contributed by atoms with Crippen LogP contribution in [0.1, 0.15) is 56.8 Å². The molecule has 0 saturated carbocycles. The number of amides is 1. The van der Waals surface area contributed by atoms with E-state index in [1.165, 1.54) is 19.3 Å². The van der Waals surface area contributed by atoms with Crippen molar-refractivity contribution in [2.45, 2.75) is 46.5 Å². The third-order valence-corrected chi connectivity index (χ3v) is 3.62. The maximum absolute atomic E-state index is 12.1. The lowest BCUT2D eigenvalue weighted by molar-refractivity contribution is 0.0934. The molecule has 0 spiro atoms. The van der Waals surface area contributed by atoms with E-state index >= 15 is 0 Å². The molecule has 0 fully saturated rings. The predicted octanol–water partition coefficient (Wildman–Crippen LogP) is 4.06. The predicted molar refractivity (Wildman–Crippen MR) is 86.2 cm³/mol. The van der Waals surface area contributed by atoms with Crippen molar-refractivity contribution >= 4 is 11.6 Å². The number of nitrogens with one attached hydrogen (secondary N) is 2. The Labute approximate surface area is 123 Å². The zero-order chi connectivity index (χ0) is 15.0. The molecule has 112 valence electrons. The quantitative estimate of drug-likeness (QED) is 0.703. The van der Waals surface area contributed by atoms with Crippen LogP contribution in [0, 0.1) is 5.41 Å². The molecule has 0 radical (unpaired) electrons. The van der Waals surface area contributed by atoms with Gasteiger partial charge in [0, 0.05) is 24.8 Å². The Balaban J connectivity index is 2.45. The van der Waals surface area contributed by atoms with E-state index in [2.05, 4.69) is 31.4 Å². The molecule has 20 heavy (non-hydrogen) atoms. The molecule has 3 nitrogen and oxygen atoms in total. The largest absolute Gasteiger partial charge is 0.388 e. The average Bonchev–Trinajstić information content (AvgIpc) is 2.45. The molecule has 0 aromatic heterocycles. The summed E-state index contributed by atoms with van der Waals surface area (Å²) >= 11 is 0. The summed E-state index contributed by atoms with van der Waals surface area (Å²) < 4.78 is 0. The zero-order valence-corrected chi connectivity index (χ0v) is 13.3. The van der Waals surface area contributed by atoms with Crippen LogP contribution in [0.3, 0.4) is 0 Å². The molecule has 3 heteroatoms. The van der Waals surface area contributed by atoms with Gasteiger partial charge in [0.25, 0.3) is 5.91 Å². The molecule has 0 heterocycles. The molecule has 0 aliphatic carbocycles. The van der Waals surface area contributed by atoms with Gasteiger partial charge < -0.3 is 10.6 Å². The Bertz CT molecular complexity index is 410. The van der Waals surface area contributed by atoms with E-state index in [-0.39, 0.29) is 11.3 Å². The van der Waals surface area contributed by atoms with Gasteiger partial charge in [0.1, 0.15) is 0 Å². The van der Waals surface area contributed by atoms with Crippen molar-refractivity contribution < 1.29 is 4.79 Å². The van der Waals surface area contributed by atoms with Crippen molar-refractivity contribution in [3.63, 3.8) is 0 Å². The van der Waals surface area contributed by atoms with Crippen LogP contribution in [0.15, 0.2) is 24.3 Å². The summed E-state index contributed by atoms with van der Waals surface area (Å²) in [6, 6.07) is 7.54. The molecule has 0 aliphatic heterocycles. The van der Waals surface area contributed by atoms with Crippen molar-refractivity contribution in [2.75, 3.05) is 18.9 Å². The fourth-order valence-corrected chi connectivity index (χ4v) is 2.15. The van der Waals surface area contributed by atoms with E-state index in [4.69, 9.17) is 0 Å². The highest BCUT2D eigenvalue weighted by Crippen LogP contribution is 2.22. The van der Waals surface area contributed by atoms with Crippen LogP contribution in [0.25, 0.3) is 0 Å². The van der Waals surface area contributed by atoms with Gasteiger partial charge in [-0.05, 0) is 36.1 Å². The van der Waals surface area contributed by atoms with Crippen molar-refractivity contribution in [2.24, 2.45) is 5.41 Å². The van der Waals surface area contributed by atoms with Crippen LogP contribution in [-0.4, -0.2) is 19.5 Å². The molecule has 0 atom stereocenters. The standard InChI is InChI=1S/C17H28N2O/c1-5-6-7-12-17(2,3)13-19-16(20)14-8-10-15(18-4)11-9-14/h8-11,18H,5-7,12-13H2,1-4H3,(H,19,20). The Morgan fingerprint density at radius 1 is 1.15 bits per heavy atom. The molecule has 2 N–H and O–H groups in total. The molecule has 1 aromatic rings. The van der Waals surface area contributed by atoms with E-state index in [1.807, 2.05) is 31.3 Å². The number of carbonyl (C=O) groups excluding carboxylic acids is 1. The monoisotopic (exact) mass is 276 g/mol. The Morgan fingerprint density at radius 2 is 1.80 bits per heavy atom. The highest BCUT2D eigenvalue weighted by molar-refractivity contribution is 5.94. The SMILES string of the molecule is CCCCCC(C)(C)CNC(=O)c1ccc(NC)cc1. The molecule has 1 rings (SSSR count). The summed E-state index contributed by atoms with van der Waals surface area (Å²) in [5.74, 6) is 0.0104. The molecular formula is C17H28N2O. The van der Waals surface area contributed by atoms with Gasteiger partial charge in [-0.2, -0.15) is 0 Å². The molecule has 0 aliphatic rings. The number of benzene rings is 1. The topological polar surface area (TPSA) is 41.1 Å². The lowest BCUT2D eigenvalue weighted by Gasteiger charge is -2.25. The normalized spacial score (nSPS) is 11.2. The fraction of sp³-hybridized carbons (Fsp3) is 0.588. The van der Waals surface area contributed by atoms with Crippen molar-refractivity contribution in [3.05, 3.63) is 29.8 Å². The van der Waals surface area contributed by atoms with Crippen LogP contribution >= 0.6 is 0 Å². The highest BCUT2D eigenvalue weighted by atomic mass is 16.1. The first-order valence-electron chi connectivity index (χ1n) is 7.54. The lowest BCUT2D eigenvalue weighted by Crippen LogP contribution is -2.34. The smallest absolute Gasteiger partial charge is 0.251 e. The van der Waals surface area contributed by atoms with E-state index < -0.39 is 0 Å². The molecule has 1 aromatic carbocycles. The van der Waals surface area contributed by atoms with E-state index in [0.717, 1.165) is 18.7 Å². The van der Waals surface area contributed by atoms with E-state index in [9.17, 15) is 4.79 Å². The minimum absolute atomic E-state index is 0.0104. The van der Waals surface area contributed by atoms with E-state index in [0.29, 0.717) is 5.56 Å². The third-order valence-electron chi connectivity index (χ3n) is 3.62. The second-order valence-corrected chi connectivity index (χ2v) is 6.13. The first-order chi connectivity index (χ1) is 9.48. The summed E-state index contributed by atoms with van der Waals surface area (Å²) in [5.41, 5.74) is 1.89. The van der Waals surface area contributed by atoms with Crippen molar-refractivity contribution in [1.29, 1.82) is 0 Å². The summed E-state index contributed by atoms with van der Waals surface area (Å²) in [4.78, 5) is 12.1. The molecule has 0 saturated heterocycles. The maximum atomic E-state index is 12.1. The minimum atomic E-state index is 0.0104. The van der Waals surface area contributed by atoms with Gasteiger partial charge in [0.15, 0.2) is 0 Å². The van der Waals surface area contributed by atoms with Crippen LogP contribution in [0.4, 0.5) is 5.69 Å². The highest BCUT2D eigenvalue weighted by Gasteiger charge is 2.18. The summed E-state index contributed by atoms with van der Waals surface area (Å²) in [5, 5.41) is 6.09. The van der Waals surface area contributed by atoms with Crippen LogP contribution in [-0.2, 0) is 0 Å². The summed E-state index contributed by atoms with van der Waals surface area (Å²) in [6.07, 6.45) is 4.89. The van der Waals surface area contributed by atoms with Crippen molar-refractivity contribution in [3.8, 4) is 0 Å². The molecular weight excluding hydrogens is 248 g/mol. The van der Waals surface area contributed by atoms with Crippen LogP contribution < -0.4 is 10.6 Å². The summed E-state index contributed by atoms with van der Waals surface area (Å²) in [7, 11) is 1.87. The number of carbonyl (C=O) groups is 1. The summed E-state index contributed by atoms with van der Waals surface area (Å²) in [6.45, 7) is 7.37. The Morgan fingerprint density at radius 3 is 2.35 bits per heavy atom. The zero-order valence-electron chi connectivity index (χ0n) is 13.3. The Hall–Kier alpha value is -1.51. The van der Waals surface area contributed by atoms with Crippen LogP contribution in [0.5, 0.6) is 0 Å². The van der Waals surface area contributed by atoms with Gasteiger partial charge in [0.2, 0.25) is 0 Å². The first-order valence-corrected chi connectivity index (χ1v) is 7.54. The number of rotatable bonds is 8. The maximum Gasteiger partial charge on any atom is 0.251 e. The van der Waals surface area contributed by atoms with Gasteiger partial charge in [-0.3, -0.25) is 4.79 Å². The number of unbranched alkanes of at least 4 members (excludes halogenated alkanes) is 2.